The maximum Gasteiger partial charge on any atom is 0.335 e. The third kappa shape index (κ3) is 4.48. The number of nitrogens with one attached hydrogen (secondary N) is 1. The van der Waals surface area contributed by atoms with E-state index in [1.807, 2.05) is 0 Å². The SMILES string of the molecule is CNc1cc(F)c(F)c(F)c1.Cc1c(C(=O)O)cccc1C(=O)O. The summed E-state index contributed by atoms with van der Waals surface area (Å²) in [4.78, 5) is 21.2. The molecule has 0 bridgehead atoms. The second-order valence-electron chi connectivity index (χ2n) is 4.59. The van der Waals surface area contributed by atoms with Gasteiger partial charge < -0.3 is 15.5 Å². The fraction of sp³-hybridized carbons (Fsp3) is 0.125. The largest absolute Gasteiger partial charge is 0.478 e. The molecule has 0 aromatic heterocycles. The van der Waals surface area contributed by atoms with Gasteiger partial charge >= 0.3 is 11.9 Å². The number of hydrogen-bond donors (Lipinski definition) is 3. The molecule has 128 valence electrons. The van der Waals surface area contributed by atoms with E-state index in [0.717, 1.165) is 12.1 Å². The van der Waals surface area contributed by atoms with E-state index in [4.69, 9.17) is 10.2 Å². The summed E-state index contributed by atoms with van der Waals surface area (Å²) in [6.07, 6.45) is 0. The Labute approximate surface area is 135 Å². The molecule has 8 heteroatoms. The van der Waals surface area contributed by atoms with Crippen molar-refractivity contribution in [1.29, 1.82) is 0 Å². The lowest BCUT2D eigenvalue weighted by Crippen LogP contribution is -2.06. The molecule has 0 aliphatic heterocycles. The number of carbonyl (C=O) groups is 2. The molecule has 24 heavy (non-hydrogen) atoms. The van der Waals surface area contributed by atoms with Gasteiger partial charge in [0.1, 0.15) is 0 Å². The number of rotatable bonds is 3. The Bertz CT molecular complexity index is 723. The van der Waals surface area contributed by atoms with Crippen LogP contribution in [-0.2, 0) is 0 Å². The molecule has 0 fully saturated rings. The standard InChI is InChI=1S/C9H8O4.C7H6F3N/c1-5-6(8(10)11)3-2-4-7(5)9(12)13;1-11-4-2-5(8)7(10)6(9)3-4/h2-4H,1H3,(H,10,11)(H,12,13);2-3,11H,1H3. The lowest BCUT2D eigenvalue weighted by Gasteiger charge is -2.03. The second kappa shape index (κ2) is 8.00. The van der Waals surface area contributed by atoms with Crippen LogP contribution >= 0.6 is 0 Å². The molecule has 0 aliphatic carbocycles. The van der Waals surface area contributed by atoms with Crippen molar-refractivity contribution < 1.29 is 33.0 Å². The molecule has 3 N–H and O–H groups in total. The molecule has 0 radical (unpaired) electrons. The highest BCUT2D eigenvalue weighted by Crippen LogP contribution is 2.16. The molecule has 2 rings (SSSR count). The van der Waals surface area contributed by atoms with E-state index in [1.165, 1.54) is 32.2 Å². The monoisotopic (exact) mass is 341 g/mol. The molecule has 2 aromatic rings. The Hall–Kier alpha value is -3.03. The summed E-state index contributed by atoms with van der Waals surface area (Å²) in [6.45, 7) is 1.48. The molecule has 0 saturated carbocycles. The van der Waals surface area contributed by atoms with Crippen LogP contribution in [-0.4, -0.2) is 29.2 Å². The summed E-state index contributed by atoms with van der Waals surface area (Å²) < 4.78 is 37.0. The van der Waals surface area contributed by atoms with Crippen LogP contribution in [0.25, 0.3) is 0 Å². The topological polar surface area (TPSA) is 86.6 Å². The highest BCUT2D eigenvalue weighted by Gasteiger charge is 2.13. The smallest absolute Gasteiger partial charge is 0.335 e. The maximum absolute atomic E-state index is 12.4. The van der Waals surface area contributed by atoms with Gasteiger partial charge in [-0.25, -0.2) is 22.8 Å². The third-order valence-corrected chi connectivity index (χ3v) is 3.07. The minimum atomic E-state index is -1.44. The average Bonchev–Trinajstić information content (AvgIpc) is 2.52. The maximum atomic E-state index is 12.4. The molecular weight excluding hydrogens is 327 g/mol. The van der Waals surface area contributed by atoms with Crippen molar-refractivity contribution in [2.24, 2.45) is 0 Å². The van der Waals surface area contributed by atoms with Crippen molar-refractivity contribution >= 4 is 17.6 Å². The predicted molar refractivity (Wildman–Crippen MR) is 81.0 cm³/mol. The number of anilines is 1. The Morgan fingerprint density at radius 3 is 1.71 bits per heavy atom. The Morgan fingerprint density at radius 1 is 0.958 bits per heavy atom. The van der Waals surface area contributed by atoms with Gasteiger partial charge in [-0.05, 0) is 24.6 Å². The van der Waals surface area contributed by atoms with Gasteiger partial charge in [0.2, 0.25) is 0 Å². The average molecular weight is 341 g/mol. The Morgan fingerprint density at radius 2 is 1.38 bits per heavy atom. The molecule has 2 aromatic carbocycles. The summed E-state index contributed by atoms with van der Waals surface area (Å²) in [6, 6.07) is 5.95. The third-order valence-electron chi connectivity index (χ3n) is 3.07. The quantitative estimate of drug-likeness (QED) is 0.744. The predicted octanol–water partition coefficient (Wildman–Crippen LogP) is 3.54. The number of benzene rings is 2. The highest BCUT2D eigenvalue weighted by molar-refractivity contribution is 5.96. The van der Waals surface area contributed by atoms with Crippen molar-refractivity contribution in [3.8, 4) is 0 Å². The lowest BCUT2D eigenvalue weighted by molar-refractivity contribution is 0.0696. The van der Waals surface area contributed by atoms with Crippen LogP contribution in [0, 0.1) is 24.4 Å². The first-order valence-electron chi connectivity index (χ1n) is 6.57. The molecule has 0 saturated heterocycles. The van der Waals surface area contributed by atoms with Gasteiger partial charge in [0.05, 0.1) is 11.1 Å². The minimum Gasteiger partial charge on any atom is -0.478 e. The summed E-state index contributed by atoms with van der Waals surface area (Å²) in [7, 11) is 1.49. The summed E-state index contributed by atoms with van der Waals surface area (Å²) in [5.74, 6) is -6.03. The van der Waals surface area contributed by atoms with E-state index in [1.54, 1.807) is 0 Å². The summed E-state index contributed by atoms with van der Waals surface area (Å²) >= 11 is 0. The van der Waals surface area contributed by atoms with Gasteiger partial charge in [-0.15, -0.1) is 0 Å². The zero-order chi connectivity index (χ0) is 18.4. The Balaban J connectivity index is 0.000000243. The van der Waals surface area contributed by atoms with E-state index >= 15 is 0 Å². The van der Waals surface area contributed by atoms with Gasteiger partial charge in [0.25, 0.3) is 0 Å². The first kappa shape index (κ1) is 19.0. The minimum absolute atomic E-state index is 0.0277. The first-order chi connectivity index (χ1) is 11.2. The highest BCUT2D eigenvalue weighted by atomic mass is 19.2. The van der Waals surface area contributed by atoms with Crippen molar-refractivity contribution in [1.82, 2.24) is 0 Å². The van der Waals surface area contributed by atoms with Crippen molar-refractivity contribution in [3.63, 3.8) is 0 Å². The fourth-order valence-electron chi connectivity index (χ4n) is 1.80. The number of hydrogen-bond acceptors (Lipinski definition) is 3. The van der Waals surface area contributed by atoms with Crippen LogP contribution < -0.4 is 5.32 Å². The van der Waals surface area contributed by atoms with Crippen molar-refractivity contribution in [2.75, 3.05) is 12.4 Å². The van der Waals surface area contributed by atoms with E-state index in [2.05, 4.69) is 5.32 Å². The normalized spacial score (nSPS) is 9.71. The molecule has 0 aliphatic rings. The van der Waals surface area contributed by atoms with Crippen LogP contribution in [0.3, 0.4) is 0 Å². The first-order valence-corrected chi connectivity index (χ1v) is 6.57. The van der Waals surface area contributed by atoms with Crippen LogP contribution in [0.2, 0.25) is 0 Å². The van der Waals surface area contributed by atoms with Gasteiger partial charge in [-0.3, -0.25) is 0 Å². The number of halogens is 3. The number of aromatic carboxylic acids is 2. The zero-order valence-corrected chi connectivity index (χ0v) is 12.7. The van der Waals surface area contributed by atoms with Gasteiger partial charge in [0.15, 0.2) is 17.5 Å². The number of carboxylic acids is 2. The van der Waals surface area contributed by atoms with Gasteiger partial charge in [-0.1, -0.05) is 6.07 Å². The molecule has 0 heterocycles. The van der Waals surface area contributed by atoms with Gasteiger partial charge in [0, 0.05) is 24.9 Å². The van der Waals surface area contributed by atoms with Crippen molar-refractivity contribution in [3.05, 3.63) is 64.5 Å². The molecule has 0 atom stereocenters. The van der Waals surface area contributed by atoms with E-state index in [9.17, 15) is 22.8 Å². The van der Waals surface area contributed by atoms with E-state index in [-0.39, 0.29) is 22.4 Å². The molecule has 5 nitrogen and oxygen atoms in total. The van der Waals surface area contributed by atoms with Gasteiger partial charge in [-0.2, -0.15) is 0 Å². The van der Waals surface area contributed by atoms with Crippen LogP contribution in [0.4, 0.5) is 18.9 Å². The molecule has 0 amide bonds. The van der Waals surface area contributed by atoms with E-state index in [0.29, 0.717) is 0 Å². The van der Waals surface area contributed by atoms with Crippen LogP contribution in [0.15, 0.2) is 30.3 Å². The molecule has 0 unspecified atom stereocenters. The summed E-state index contributed by atoms with van der Waals surface area (Å²) in [5, 5.41) is 19.8. The second-order valence-corrected chi connectivity index (χ2v) is 4.59. The summed E-state index contributed by atoms with van der Waals surface area (Å²) in [5.41, 5.74) is 0.545. The molecule has 0 spiro atoms. The van der Waals surface area contributed by atoms with Crippen LogP contribution in [0.5, 0.6) is 0 Å². The molecular formula is C16H14F3NO4. The van der Waals surface area contributed by atoms with Crippen molar-refractivity contribution in [2.45, 2.75) is 6.92 Å². The van der Waals surface area contributed by atoms with Crippen LogP contribution in [0.1, 0.15) is 26.3 Å². The zero-order valence-electron chi connectivity index (χ0n) is 12.7. The van der Waals surface area contributed by atoms with E-state index < -0.39 is 29.4 Å². The number of carboxylic acid groups (broad SMARTS) is 2. The lowest BCUT2D eigenvalue weighted by atomic mass is 10.0. The Kier molecular flexibility index (Phi) is 6.34. The fourth-order valence-corrected chi connectivity index (χ4v) is 1.80.